The van der Waals surface area contributed by atoms with Gasteiger partial charge in [0.25, 0.3) is 0 Å². The van der Waals surface area contributed by atoms with Gasteiger partial charge in [-0.2, -0.15) is 0 Å². The van der Waals surface area contributed by atoms with E-state index in [1.165, 1.54) is 0 Å². The smallest absolute Gasteiger partial charge is 0.190 e. The van der Waals surface area contributed by atoms with E-state index in [1.54, 1.807) is 12.1 Å². The molecule has 0 aliphatic heterocycles. The summed E-state index contributed by atoms with van der Waals surface area (Å²) in [7, 11) is 0. The number of hydrogen-bond donors (Lipinski definition) is 1. The molecule has 0 radical (unpaired) electrons. The molecule has 0 saturated heterocycles. The van der Waals surface area contributed by atoms with Crippen molar-refractivity contribution in [2.24, 2.45) is 0 Å². The number of aromatic nitrogens is 4. The molecule has 0 saturated carbocycles. The monoisotopic (exact) mass is 520 g/mol. The number of H-pyrrole nitrogens is 1. The highest BCUT2D eigenvalue weighted by Crippen LogP contribution is 2.36. The molecule has 5 heteroatoms. The number of fused-ring (bicyclic) bond motifs is 4. The molecule has 5 nitrogen and oxygen atoms in total. The molecule has 194 valence electrons. The van der Waals surface area contributed by atoms with Gasteiger partial charge in [0, 0.05) is 28.5 Å². The summed E-state index contributed by atoms with van der Waals surface area (Å²) in [6, 6.07) is 34.5. The minimum atomic E-state index is -0.159. The Labute approximate surface area is 231 Å². The van der Waals surface area contributed by atoms with Crippen LogP contribution in [0.3, 0.4) is 0 Å². The van der Waals surface area contributed by atoms with Crippen LogP contribution in [-0.2, 0) is 5.41 Å². The van der Waals surface area contributed by atoms with Gasteiger partial charge in [-0.15, -0.1) is 0 Å². The zero-order chi connectivity index (χ0) is 27.4. The van der Waals surface area contributed by atoms with Gasteiger partial charge in [-0.25, -0.2) is 4.98 Å². The van der Waals surface area contributed by atoms with E-state index in [0.29, 0.717) is 10.9 Å². The fourth-order valence-electron chi connectivity index (χ4n) is 5.60. The van der Waals surface area contributed by atoms with E-state index in [4.69, 9.17) is 4.98 Å². The van der Waals surface area contributed by atoms with Gasteiger partial charge in [0.15, 0.2) is 5.43 Å². The molecular formula is C35H28N4O. The molecule has 0 aliphatic carbocycles. The highest BCUT2D eigenvalue weighted by molar-refractivity contribution is 6.05. The lowest BCUT2D eigenvalue weighted by Gasteiger charge is -2.23. The Morgan fingerprint density at radius 3 is 2.30 bits per heavy atom. The summed E-state index contributed by atoms with van der Waals surface area (Å²) in [6.45, 7) is 6.58. The van der Waals surface area contributed by atoms with Crippen LogP contribution < -0.4 is 5.43 Å². The molecule has 0 atom stereocenters. The fraction of sp³-hybridized carbons (Fsp3) is 0.114. The van der Waals surface area contributed by atoms with Gasteiger partial charge in [0.1, 0.15) is 5.82 Å². The van der Waals surface area contributed by atoms with Crippen LogP contribution in [0.1, 0.15) is 26.3 Å². The zero-order valence-electron chi connectivity index (χ0n) is 22.6. The Balaban J connectivity index is 1.49. The van der Waals surface area contributed by atoms with E-state index in [-0.39, 0.29) is 10.8 Å². The number of para-hydroxylation sites is 3. The molecule has 7 aromatic rings. The maximum Gasteiger partial charge on any atom is 0.190 e. The number of rotatable bonds is 3. The molecule has 3 heterocycles. The minimum Gasteiger partial charge on any atom is -0.354 e. The molecule has 3 aromatic heterocycles. The van der Waals surface area contributed by atoms with Crippen LogP contribution in [0.2, 0.25) is 0 Å². The van der Waals surface area contributed by atoms with E-state index in [1.807, 2.05) is 42.6 Å². The van der Waals surface area contributed by atoms with Gasteiger partial charge in [-0.3, -0.25) is 14.3 Å². The van der Waals surface area contributed by atoms with Gasteiger partial charge in [-0.05, 0) is 65.1 Å². The van der Waals surface area contributed by atoms with Crippen molar-refractivity contribution in [3.8, 4) is 28.3 Å². The van der Waals surface area contributed by atoms with Crippen molar-refractivity contribution in [2.75, 3.05) is 0 Å². The van der Waals surface area contributed by atoms with Crippen molar-refractivity contribution in [1.82, 2.24) is 19.5 Å². The van der Waals surface area contributed by atoms with Crippen molar-refractivity contribution < 1.29 is 0 Å². The Morgan fingerprint density at radius 2 is 1.48 bits per heavy atom. The number of nitrogens with zero attached hydrogens (tertiary/aromatic N) is 3. The van der Waals surface area contributed by atoms with Crippen LogP contribution >= 0.6 is 0 Å². The summed E-state index contributed by atoms with van der Waals surface area (Å²) in [5.74, 6) is 0.877. The summed E-state index contributed by atoms with van der Waals surface area (Å²) in [5.41, 5.74) is 8.49. The first-order valence-corrected chi connectivity index (χ1v) is 13.5. The van der Waals surface area contributed by atoms with Gasteiger partial charge >= 0.3 is 0 Å². The van der Waals surface area contributed by atoms with Crippen molar-refractivity contribution in [2.45, 2.75) is 26.2 Å². The third-order valence-electron chi connectivity index (χ3n) is 7.51. The van der Waals surface area contributed by atoms with Gasteiger partial charge in [0.05, 0.1) is 27.5 Å². The van der Waals surface area contributed by atoms with Gasteiger partial charge in [0.2, 0.25) is 0 Å². The average molecular weight is 521 g/mol. The molecule has 0 bridgehead atoms. The van der Waals surface area contributed by atoms with E-state index in [9.17, 15) is 4.79 Å². The molecule has 0 spiro atoms. The zero-order valence-corrected chi connectivity index (χ0v) is 22.6. The predicted octanol–water partition coefficient (Wildman–Crippen LogP) is 8.05. The number of aromatic amines is 1. The maximum atomic E-state index is 13.0. The van der Waals surface area contributed by atoms with Gasteiger partial charge in [-0.1, -0.05) is 75.4 Å². The van der Waals surface area contributed by atoms with Crippen molar-refractivity contribution in [3.05, 3.63) is 125 Å². The number of hydrogen-bond acceptors (Lipinski definition) is 3. The number of nitrogens with one attached hydrogen (secondary N) is 1. The molecule has 40 heavy (non-hydrogen) atoms. The molecule has 4 aromatic carbocycles. The molecular weight excluding hydrogens is 492 g/mol. The Hall–Kier alpha value is -5.03. The topological polar surface area (TPSA) is 63.6 Å². The van der Waals surface area contributed by atoms with Crippen LogP contribution in [0, 0.1) is 0 Å². The van der Waals surface area contributed by atoms with Crippen LogP contribution in [-0.4, -0.2) is 19.5 Å². The van der Waals surface area contributed by atoms with Crippen LogP contribution in [0.25, 0.3) is 61.2 Å². The predicted molar refractivity (Wildman–Crippen MR) is 164 cm³/mol. The molecule has 0 fully saturated rings. The first kappa shape index (κ1) is 24.0. The van der Waals surface area contributed by atoms with Crippen LogP contribution in [0.4, 0.5) is 0 Å². The number of pyridine rings is 2. The number of imidazole rings is 1. The van der Waals surface area contributed by atoms with Crippen LogP contribution in [0.5, 0.6) is 0 Å². The third kappa shape index (κ3) is 3.90. The van der Waals surface area contributed by atoms with E-state index >= 15 is 0 Å². The van der Waals surface area contributed by atoms with E-state index < -0.39 is 0 Å². The SMILES string of the molecule is CC(C)(C)c1cc(-c2cccc(-c3nc4ccccc4n3-c3ccccc3)c2)[nH]c2c1cnc1cccc(=O)c12. The van der Waals surface area contributed by atoms with E-state index in [0.717, 1.165) is 55.8 Å². The first-order chi connectivity index (χ1) is 19.4. The molecule has 7 rings (SSSR count). The van der Waals surface area contributed by atoms with Crippen molar-refractivity contribution in [1.29, 1.82) is 0 Å². The second-order valence-electron chi connectivity index (χ2n) is 11.2. The van der Waals surface area contributed by atoms with Crippen molar-refractivity contribution in [3.63, 3.8) is 0 Å². The highest BCUT2D eigenvalue weighted by Gasteiger charge is 2.21. The summed E-state index contributed by atoms with van der Waals surface area (Å²) >= 11 is 0. The lowest BCUT2D eigenvalue weighted by molar-refractivity contribution is 0.595. The standard InChI is InChI=1S/C35H28N4O/c1-35(2,3)26-20-29(37-33-25(26)21-36-28-16-10-18-31(40)32(28)33)22-11-9-12-23(19-22)34-38-27-15-7-8-17-30(27)39(34)24-13-5-4-6-14-24/h4-21,37H,1-3H3. The van der Waals surface area contributed by atoms with Crippen LogP contribution in [0.15, 0.2) is 114 Å². The number of benzene rings is 4. The lowest BCUT2D eigenvalue weighted by Crippen LogP contribution is -2.13. The molecule has 1 N–H and O–H groups in total. The fourth-order valence-corrected chi connectivity index (χ4v) is 5.60. The second-order valence-corrected chi connectivity index (χ2v) is 11.2. The largest absolute Gasteiger partial charge is 0.354 e. The Morgan fingerprint density at radius 1 is 0.750 bits per heavy atom. The minimum absolute atomic E-state index is 0.0332. The average Bonchev–Trinajstić information content (AvgIpc) is 3.36. The van der Waals surface area contributed by atoms with Gasteiger partial charge < -0.3 is 4.98 Å². The molecule has 0 aliphatic rings. The second kappa shape index (κ2) is 9.02. The quantitative estimate of drug-likeness (QED) is 0.240. The molecule has 0 unspecified atom stereocenters. The normalized spacial score (nSPS) is 12.0. The summed E-state index contributed by atoms with van der Waals surface area (Å²) in [5, 5.41) is 1.59. The third-order valence-corrected chi connectivity index (χ3v) is 7.51. The maximum absolute atomic E-state index is 13.0. The molecule has 0 amide bonds. The van der Waals surface area contributed by atoms with Crippen molar-refractivity contribution >= 4 is 32.8 Å². The summed E-state index contributed by atoms with van der Waals surface area (Å²) in [4.78, 5) is 26.3. The highest BCUT2D eigenvalue weighted by atomic mass is 16.1. The Kier molecular flexibility index (Phi) is 5.42. The summed E-state index contributed by atoms with van der Waals surface area (Å²) < 4.78 is 2.21. The summed E-state index contributed by atoms with van der Waals surface area (Å²) in [6.07, 6.45) is 1.89. The van der Waals surface area contributed by atoms with E-state index in [2.05, 4.69) is 89.9 Å². The Bertz CT molecular complexity index is 2110. The lowest BCUT2D eigenvalue weighted by atomic mass is 9.84. The first-order valence-electron chi connectivity index (χ1n) is 13.5.